The van der Waals surface area contributed by atoms with Crippen molar-refractivity contribution < 1.29 is 4.79 Å². The minimum Gasteiger partial charge on any atom is -0.372 e. The number of anilines is 2. The molecule has 0 spiro atoms. The number of piperidine rings is 1. The van der Waals surface area contributed by atoms with Crippen molar-refractivity contribution in [2.75, 3.05) is 23.3 Å². The van der Waals surface area contributed by atoms with Crippen molar-refractivity contribution in [2.45, 2.75) is 39.0 Å². The van der Waals surface area contributed by atoms with Gasteiger partial charge in [-0.2, -0.15) is 0 Å². The number of nitrogens with zero attached hydrogens (tertiary/aromatic N) is 2. The molecule has 4 rings (SSSR count). The average Bonchev–Trinajstić information content (AvgIpc) is 3.11. The van der Waals surface area contributed by atoms with E-state index in [9.17, 15) is 4.79 Å². The maximum Gasteiger partial charge on any atom is 0.227 e. The molecule has 25 heavy (non-hydrogen) atoms. The molecule has 1 aliphatic carbocycles. The van der Waals surface area contributed by atoms with Crippen LogP contribution < -0.4 is 10.2 Å². The van der Waals surface area contributed by atoms with Gasteiger partial charge in [0, 0.05) is 35.3 Å². The third-order valence-electron chi connectivity index (χ3n) is 5.54. The van der Waals surface area contributed by atoms with Crippen molar-refractivity contribution in [1.82, 2.24) is 4.98 Å². The summed E-state index contributed by atoms with van der Waals surface area (Å²) in [7, 11) is 0. The molecule has 1 saturated heterocycles. The van der Waals surface area contributed by atoms with E-state index < -0.39 is 0 Å². The zero-order valence-corrected chi connectivity index (χ0v) is 15.5. The van der Waals surface area contributed by atoms with Crippen LogP contribution in [-0.4, -0.2) is 24.0 Å². The molecule has 0 saturated carbocycles. The van der Waals surface area contributed by atoms with Gasteiger partial charge in [-0.1, -0.05) is 6.92 Å². The van der Waals surface area contributed by atoms with E-state index in [4.69, 9.17) is 0 Å². The fourth-order valence-electron chi connectivity index (χ4n) is 3.79. The van der Waals surface area contributed by atoms with E-state index in [1.54, 1.807) is 11.3 Å². The highest BCUT2D eigenvalue weighted by Gasteiger charge is 2.26. The van der Waals surface area contributed by atoms with Crippen LogP contribution in [0.15, 0.2) is 29.8 Å². The van der Waals surface area contributed by atoms with Gasteiger partial charge in [-0.15, -0.1) is 11.3 Å². The molecule has 2 heterocycles. The Kier molecular flexibility index (Phi) is 4.75. The number of nitrogens with one attached hydrogen (secondary N) is 1. The summed E-state index contributed by atoms with van der Waals surface area (Å²) in [5.74, 6) is 1.04. The number of aromatic nitrogens is 1. The number of carbonyl (C=O) groups excluding carboxylic acids is 1. The normalized spacial score (nSPS) is 21.0. The van der Waals surface area contributed by atoms with Gasteiger partial charge in [0.1, 0.15) is 0 Å². The molecular formula is C20H25N3OS. The van der Waals surface area contributed by atoms with Crippen LogP contribution in [0, 0.1) is 11.8 Å². The van der Waals surface area contributed by atoms with Gasteiger partial charge in [-0.3, -0.25) is 4.79 Å². The summed E-state index contributed by atoms with van der Waals surface area (Å²) in [4.78, 5) is 20.7. The van der Waals surface area contributed by atoms with E-state index in [2.05, 4.69) is 34.3 Å². The summed E-state index contributed by atoms with van der Waals surface area (Å²) < 4.78 is 0. The van der Waals surface area contributed by atoms with Crippen LogP contribution in [0.3, 0.4) is 0 Å². The summed E-state index contributed by atoms with van der Waals surface area (Å²) in [5, 5.41) is 3.10. The Morgan fingerprint density at radius 2 is 1.96 bits per heavy atom. The highest BCUT2D eigenvalue weighted by Crippen LogP contribution is 2.29. The highest BCUT2D eigenvalue weighted by atomic mass is 32.1. The summed E-state index contributed by atoms with van der Waals surface area (Å²) in [6, 6.07) is 8.33. The second-order valence-electron chi connectivity index (χ2n) is 7.37. The van der Waals surface area contributed by atoms with Crippen LogP contribution in [0.5, 0.6) is 0 Å². The molecule has 1 N–H and O–H groups in total. The van der Waals surface area contributed by atoms with Crippen LogP contribution in [0.25, 0.3) is 0 Å². The Hall–Kier alpha value is -1.88. The topological polar surface area (TPSA) is 45.2 Å². The number of amides is 1. The fourth-order valence-corrected chi connectivity index (χ4v) is 4.69. The lowest BCUT2D eigenvalue weighted by Gasteiger charge is -2.32. The van der Waals surface area contributed by atoms with Crippen molar-refractivity contribution in [3.8, 4) is 0 Å². The van der Waals surface area contributed by atoms with Crippen molar-refractivity contribution in [3.63, 3.8) is 0 Å². The fraction of sp³-hybridized carbons (Fsp3) is 0.500. The van der Waals surface area contributed by atoms with Gasteiger partial charge < -0.3 is 10.2 Å². The van der Waals surface area contributed by atoms with Gasteiger partial charge >= 0.3 is 0 Å². The molecule has 4 nitrogen and oxygen atoms in total. The summed E-state index contributed by atoms with van der Waals surface area (Å²) in [6.45, 7) is 4.59. The number of hydrogen-bond donors (Lipinski definition) is 1. The minimum absolute atomic E-state index is 0.0659. The summed E-state index contributed by atoms with van der Waals surface area (Å²) in [6.07, 6.45) is 5.17. The maximum atomic E-state index is 12.6. The Morgan fingerprint density at radius 3 is 2.72 bits per heavy atom. The van der Waals surface area contributed by atoms with Crippen LogP contribution in [-0.2, 0) is 17.6 Å². The Bertz CT molecular complexity index is 732. The Balaban J connectivity index is 1.36. The zero-order valence-electron chi connectivity index (χ0n) is 14.7. The number of fused-ring (bicyclic) bond motifs is 1. The molecule has 1 aromatic carbocycles. The van der Waals surface area contributed by atoms with Gasteiger partial charge in [0.15, 0.2) is 0 Å². The predicted octanol–water partition coefficient (Wildman–Crippen LogP) is 4.12. The molecule has 132 valence electrons. The molecule has 1 aromatic heterocycles. The monoisotopic (exact) mass is 355 g/mol. The van der Waals surface area contributed by atoms with Crippen molar-refractivity contribution in [3.05, 3.63) is 40.3 Å². The van der Waals surface area contributed by atoms with E-state index in [-0.39, 0.29) is 11.8 Å². The molecule has 1 atom stereocenters. The van der Waals surface area contributed by atoms with Crippen LogP contribution in [0.1, 0.15) is 36.8 Å². The van der Waals surface area contributed by atoms with Gasteiger partial charge in [-0.25, -0.2) is 4.98 Å². The first-order valence-corrected chi connectivity index (χ1v) is 10.1. The largest absolute Gasteiger partial charge is 0.372 e. The first kappa shape index (κ1) is 16.6. The molecular weight excluding hydrogens is 330 g/mol. The average molecular weight is 356 g/mol. The van der Waals surface area contributed by atoms with E-state index in [0.29, 0.717) is 0 Å². The predicted molar refractivity (Wildman–Crippen MR) is 103 cm³/mol. The molecule has 0 radical (unpaired) electrons. The second kappa shape index (κ2) is 7.16. The second-order valence-corrected chi connectivity index (χ2v) is 8.31. The number of carbonyl (C=O) groups is 1. The molecule has 2 aliphatic rings. The maximum absolute atomic E-state index is 12.6. The highest BCUT2D eigenvalue weighted by molar-refractivity contribution is 7.09. The summed E-state index contributed by atoms with van der Waals surface area (Å²) in [5.41, 5.74) is 5.24. The third-order valence-corrected chi connectivity index (χ3v) is 6.44. The Morgan fingerprint density at radius 1 is 1.20 bits per heavy atom. The van der Waals surface area contributed by atoms with Crippen molar-refractivity contribution >= 4 is 28.6 Å². The van der Waals surface area contributed by atoms with Crippen LogP contribution >= 0.6 is 11.3 Å². The summed E-state index contributed by atoms with van der Waals surface area (Å²) >= 11 is 1.67. The number of aryl methyl sites for hydroxylation is 1. The van der Waals surface area contributed by atoms with Crippen molar-refractivity contribution in [1.29, 1.82) is 0 Å². The quantitative estimate of drug-likeness (QED) is 0.901. The van der Waals surface area contributed by atoms with Gasteiger partial charge in [-0.05, 0) is 62.3 Å². The number of thiazole rings is 1. The smallest absolute Gasteiger partial charge is 0.227 e. The number of rotatable bonds is 3. The molecule has 1 amide bonds. The Labute approximate surface area is 153 Å². The SMILES string of the molecule is CC1CCN(c2ccc(NC(=O)C3CCc4ncsc4C3)cc2)CC1. The van der Waals surface area contributed by atoms with Crippen molar-refractivity contribution in [2.24, 2.45) is 11.8 Å². The first-order chi connectivity index (χ1) is 12.2. The van der Waals surface area contributed by atoms with E-state index in [1.807, 2.05) is 17.6 Å². The molecule has 1 aliphatic heterocycles. The van der Waals surface area contributed by atoms with E-state index in [1.165, 1.54) is 29.1 Å². The van der Waals surface area contributed by atoms with E-state index >= 15 is 0 Å². The minimum atomic E-state index is 0.0659. The number of hydrogen-bond acceptors (Lipinski definition) is 4. The number of benzene rings is 1. The lowest BCUT2D eigenvalue weighted by Crippen LogP contribution is -2.32. The third kappa shape index (κ3) is 3.71. The standard InChI is InChI=1S/C20H25N3OS/c1-14-8-10-23(11-9-14)17-5-3-16(4-6-17)22-20(24)15-2-7-18-19(12-15)25-13-21-18/h3-6,13-15H,2,7-12H2,1H3,(H,22,24). The van der Waals surface area contributed by atoms with E-state index in [0.717, 1.165) is 44.0 Å². The molecule has 1 unspecified atom stereocenters. The molecule has 2 aromatic rings. The first-order valence-electron chi connectivity index (χ1n) is 9.26. The van der Waals surface area contributed by atoms with Crippen LogP contribution in [0.2, 0.25) is 0 Å². The molecule has 1 fully saturated rings. The lowest BCUT2D eigenvalue weighted by molar-refractivity contribution is -0.120. The zero-order chi connectivity index (χ0) is 17.2. The molecule has 0 bridgehead atoms. The molecule has 5 heteroatoms. The van der Waals surface area contributed by atoms with Gasteiger partial charge in [0.25, 0.3) is 0 Å². The van der Waals surface area contributed by atoms with Gasteiger partial charge in [0.2, 0.25) is 5.91 Å². The van der Waals surface area contributed by atoms with Gasteiger partial charge in [0.05, 0.1) is 11.2 Å². The lowest BCUT2D eigenvalue weighted by atomic mass is 9.90. The van der Waals surface area contributed by atoms with Crippen LogP contribution in [0.4, 0.5) is 11.4 Å².